The molecule has 1 saturated heterocycles. The van der Waals surface area contributed by atoms with Crippen LogP contribution < -0.4 is 5.32 Å². The largest absolute Gasteiger partial charge is 0.381 e. The summed E-state index contributed by atoms with van der Waals surface area (Å²) in [6, 6.07) is 0. The highest BCUT2D eigenvalue weighted by Crippen LogP contribution is 2.22. The van der Waals surface area contributed by atoms with Crippen LogP contribution in [0.5, 0.6) is 0 Å². The highest BCUT2D eigenvalue weighted by Gasteiger charge is 2.15. The molecule has 1 rings (SSSR count). The van der Waals surface area contributed by atoms with E-state index in [0.29, 0.717) is 6.42 Å². The molecule has 1 aliphatic rings. The number of rotatable bonds is 3. The van der Waals surface area contributed by atoms with Crippen molar-refractivity contribution in [1.82, 2.24) is 5.32 Å². The molecule has 3 nitrogen and oxygen atoms in total. The molecule has 1 aliphatic heterocycles. The Kier molecular flexibility index (Phi) is 3.92. The fraction of sp³-hybridized carbons (Fsp3) is 0.455. The SMILES string of the molecule is C=C1CNC(=CCC(O)OC)C1=CC. The zero-order valence-electron chi connectivity index (χ0n) is 8.71. The molecule has 1 fully saturated rings. The lowest BCUT2D eigenvalue weighted by Gasteiger charge is -2.06. The lowest BCUT2D eigenvalue weighted by atomic mass is 10.1. The summed E-state index contributed by atoms with van der Waals surface area (Å²) < 4.78 is 4.75. The van der Waals surface area contributed by atoms with E-state index in [-0.39, 0.29) is 0 Å². The predicted octanol–water partition coefficient (Wildman–Crippen LogP) is 1.33. The molecule has 2 N–H and O–H groups in total. The Morgan fingerprint density at radius 2 is 2.43 bits per heavy atom. The Labute approximate surface area is 84.8 Å². The van der Waals surface area contributed by atoms with Crippen molar-refractivity contribution in [3.05, 3.63) is 35.6 Å². The molecular weight excluding hydrogens is 178 g/mol. The number of hydrogen-bond acceptors (Lipinski definition) is 3. The van der Waals surface area contributed by atoms with Crippen LogP contribution in [0.3, 0.4) is 0 Å². The van der Waals surface area contributed by atoms with E-state index in [1.165, 1.54) is 7.11 Å². The fourth-order valence-corrected chi connectivity index (χ4v) is 1.44. The molecule has 0 aromatic carbocycles. The topological polar surface area (TPSA) is 41.5 Å². The van der Waals surface area contributed by atoms with E-state index in [9.17, 15) is 5.11 Å². The molecule has 0 saturated carbocycles. The standard InChI is InChI=1S/C11H17NO2/c1-4-9-8(2)7-12-10(9)5-6-11(13)14-3/h4-5,11-13H,2,6-7H2,1,3H3. The van der Waals surface area contributed by atoms with Crippen LogP contribution in [0.1, 0.15) is 13.3 Å². The number of aliphatic hydroxyl groups excluding tert-OH is 1. The fourth-order valence-electron chi connectivity index (χ4n) is 1.44. The predicted molar refractivity (Wildman–Crippen MR) is 56.6 cm³/mol. The second kappa shape index (κ2) is 4.98. The average molecular weight is 195 g/mol. The number of methoxy groups -OCH3 is 1. The molecule has 0 bridgehead atoms. The van der Waals surface area contributed by atoms with Gasteiger partial charge in [0.25, 0.3) is 0 Å². The first-order valence-corrected chi connectivity index (χ1v) is 4.68. The van der Waals surface area contributed by atoms with Gasteiger partial charge in [-0.25, -0.2) is 0 Å². The molecule has 0 amide bonds. The van der Waals surface area contributed by atoms with Crippen molar-refractivity contribution in [2.45, 2.75) is 19.6 Å². The van der Waals surface area contributed by atoms with Crippen molar-refractivity contribution in [2.75, 3.05) is 13.7 Å². The van der Waals surface area contributed by atoms with Crippen LogP contribution in [-0.2, 0) is 4.74 Å². The zero-order chi connectivity index (χ0) is 10.6. The summed E-state index contributed by atoms with van der Waals surface area (Å²) in [6.07, 6.45) is 3.72. The second-order valence-corrected chi connectivity index (χ2v) is 3.20. The van der Waals surface area contributed by atoms with Crippen molar-refractivity contribution in [3.63, 3.8) is 0 Å². The molecule has 0 aliphatic carbocycles. The van der Waals surface area contributed by atoms with Gasteiger partial charge < -0.3 is 15.2 Å². The van der Waals surface area contributed by atoms with Gasteiger partial charge in [0.15, 0.2) is 6.29 Å². The Morgan fingerprint density at radius 3 is 3.00 bits per heavy atom. The zero-order valence-corrected chi connectivity index (χ0v) is 8.71. The minimum atomic E-state index is -0.726. The van der Waals surface area contributed by atoms with Gasteiger partial charge in [-0.05, 0) is 18.1 Å². The van der Waals surface area contributed by atoms with E-state index >= 15 is 0 Å². The number of aliphatic hydroxyl groups is 1. The molecule has 0 aromatic rings. The summed E-state index contributed by atoms with van der Waals surface area (Å²) in [4.78, 5) is 0. The van der Waals surface area contributed by atoms with Crippen LogP contribution in [0.15, 0.2) is 35.6 Å². The number of ether oxygens (including phenoxy) is 1. The minimum absolute atomic E-state index is 0.490. The van der Waals surface area contributed by atoms with Gasteiger partial charge in [0.05, 0.1) is 0 Å². The lowest BCUT2D eigenvalue weighted by Crippen LogP contribution is -2.09. The van der Waals surface area contributed by atoms with Crippen molar-refractivity contribution in [1.29, 1.82) is 0 Å². The first kappa shape index (κ1) is 11.0. The van der Waals surface area contributed by atoms with Gasteiger partial charge in [0, 0.05) is 25.8 Å². The first-order chi connectivity index (χ1) is 6.69. The summed E-state index contributed by atoms with van der Waals surface area (Å²) >= 11 is 0. The average Bonchev–Trinajstić information content (AvgIpc) is 2.55. The van der Waals surface area contributed by atoms with Crippen molar-refractivity contribution in [2.24, 2.45) is 0 Å². The van der Waals surface area contributed by atoms with Crippen LogP contribution in [-0.4, -0.2) is 25.1 Å². The highest BCUT2D eigenvalue weighted by atomic mass is 16.6. The minimum Gasteiger partial charge on any atom is -0.381 e. The Balaban J connectivity index is 2.65. The van der Waals surface area contributed by atoms with E-state index in [2.05, 4.69) is 11.9 Å². The molecule has 1 heterocycles. The van der Waals surface area contributed by atoms with Gasteiger partial charge >= 0.3 is 0 Å². The van der Waals surface area contributed by atoms with Crippen LogP contribution in [0.4, 0.5) is 0 Å². The van der Waals surface area contributed by atoms with Gasteiger partial charge in [0.2, 0.25) is 0 Å². The van der Waals surface area contributed by atoms with Crippen LogP contribution in [0.2, 0.25) is 0 Å². The molecular formula is C11H17NO2. The maximum atomic E-state index is 9.21. The Morgan fingerprint density at radius 1 is 1.71 bits per heavy atom. The molecule has 0 radical (unpaired) electrons. The quantitative estimate of drug-likeness (QED) is 0.668. The van der Waals surface area contributed by atoms with E-state index in [1.54, 1.807) is 0 Å². The summed E-state index contributed by atoms with van der Waals surface area (Å²) in [6.45, 7) is 6.71. The van der Waals surface area contributed by atoms with Crippen LogP contribution >= 0.6 is 0 Å². The summed E-state index contributed by atoms with van der Waals surface area (Å²) in [5.41, 5.74) is 3.26. The number of nitrogens with one attached hydrogen (secondary N) is 1. The maximum Gasteiger partial charge on any atom is 0.157 e. The Hall–Kier alpha value is -1.06. The van der Waals surface area contributed by atoms with E-state index in [1.807, 2.05) is 19.1 Å². The van der Waals surface area contributed by atoms with Gasteiger partial charge in [-0.2, -0.15) is 0 Å². The number of hydrogen-bond donors (Lipinski definition) is 2. The second-order valence-electron chi connectivity index (χ2n) is 3.20. The summed E-state index contributed by atoms with van der Waals surface area (Å²) in [7, 11) is 1.49. The van der Waals surface area contributed by atoms with Gasteiger partial charge in [-0.15, -0.1) is 0 Å². The maximum absolute atomic E-state index is 9.21. The van der Waals surface area contributed by atoms with E-state index in [0.717, 1.165) is 23.4 Å². The smallest absolute Gasteiger partial charge is 0.157 e. The van der Waals surface area contributed by atoms with Gasteiger partial charge in [-0.3, -0.25) is 0 Å². The lowest BCUT2D eigenvalue weighted by molar-refractivity contribution is -0.0703. The normalized spacial score (nSPS) is 24.4. The third-order valence-electron chi connectivity index (χ3n) is 2.25. The number of allylic oxidation sites excluding steroid dienone is 2. The molecule has 0 spiro atoms. The summed E-state index contributed by atoms with van der Waals surface area (Å²) in [5, 5.41) is 12.4. The Bertz CT molecular complexity index is 279. The molecule has 0 aromatic heterocycles. The highest BCUT2D eigenvalue weighted by molar-refractivity contribution is 5.50. The van der Waals surface area contributed by atoms with Gasteiger partial charge in [0.1, 0.15) is 0 Å². The molecule has 78 valence electrons. The van der Waals surface area contributed by atoms with Crippen LogP contribution in [0, 0.1) is 0 Å². The monoisotopic (exact) mass is 195 g/mol. The summed E-state index contributed by atoms with van der Waals surface area (Å²) in [5.74, 6) is 0. The third kappa shape index (κ3) is 2.47. The molecule has 1 unspecified atom stereocenters. The van der Waals surface area contributed by atoms with Crippen LogP contribution in [0.25, 0.3) is 0 Å². The van der Waals surface area contributed by atoms with Crippen molar-refractivity contribution in [3.8, 4) is 0 Å². The van der Waals surface area contributed by atoms with E-state index in [4.69, 9.17) is 4.74 Å². The van der Waals surface area contributed by atoms with Crippen molar-refractivity contribution >= 4 is 0 Å². The molecule has 3 heteroatoms. The van der Waals surface area contributed by atoms with Gasteiger partial charge in [-0.1, -0.05) is 18.7 Å². The third-order valence-corrected chi connectivity index (χ3v) is 2.25. The van der Waals surface area contributed by atoms with Crippen molar-refractivity contribution < 1.29 is 9.84 Å². The van der Waals surface area contributed by atoms with E-state index < -0.39 is 6.29 Å². The molecule has 14 heavy (non-hydrogen) atoms. The molecule has 1 atom stereocenters. The first-order valence-electron chi connectivity index (χ1n) is 4.68.